The lowest BCUT2D eigenvalue weighted by Gasteiger charge is -2.36. The summed E-state index contributed by atoms with van der Waals surface area (Å²) in [5.74, 6) is 0.655. The molecule has 0 bridgehead atoms. The smallest absolute Gasteiger partial charge is 0.410 e. The summed E-state index contributed by atoms with van der Waals surface area (Å²) in [5.41, 5.74) is -0.411. The molecule has 2 atom stereocenters. The van der Waals surface area contributed by atoms with Crippen LogP contribution in [0.5, 0.6) is 0 Å². The van der Waals surface area contributed by atoms with E-state index in [0.29, 0.717) is 24.2 Å². The number of amides is 1. The number of hydrogen-bond donors (Lipinski definition) is 1. The second-order valence-electron chi connectivity index (χ2n) is 8.24. The molecule has 2 heterocycles. The van der Waals surface area contributed by atoms with Crippen LogP contribution in [0, 0.1) is 5.92 Å². The van der Waals surface area contributed by atoms with Crippen LogP contribution in [-0.4, -0.2) is 54.5 Å². The minimum Gasteiger partial charge on any atom is -0.444 e. The van der Waals surface area contributed by atoms with Crippen molar-refractivity contribution in [2.75, 3.05) is 19.6 Å². The van der Waals surface area contributed by atoms with Crippen molar-refractivity contribution in [3.05, 3.63) is 0 Å². The van der Waals surface area contributed by atoms with E-state index < -0.39 is 5.60 Å². The highest BCUT2D eigenvalue weighted by molar-refractivity contribution is 5.68. The zero-order valence-electron chi connectivity index (χ0n) is 15.4. The van der Waals surface area contributed by atoms with E-state index in [1.165, 1.54) is 0 Å². The maximum absolute atomic E-state index is 12.1. The molecule has 2 aliphatic rings. The number of ether oxygens (including phenoxy) is 2. The normalized spacial score (nSPS) is 30.3. The van der Waals surface area contributed by atoms with Crippen molar-refractivity contribution in [3.63, 3.8) is 0 Å². The van der Waals surface area contributed by atoms with Gasteiger partial charge in [-0.15, -0.1) is 0 Å². The molecular formula is C18H34N2O3. The van der Waals surface area contributed by atoms with Crippen molar-refractivity contribution >= 4 is 6.09 Å². The summed E-state index contributed by atoms with van der Waals surface area (Å²) < 4.78 is 11.2. The molecule has 0 spiro atoms. The summed E-state index contributed by atoms with van der Waals surface area (Å²) in [6, 6.07) is 0.567. The van der Waals surface area contributed by atoms with Crippen LogP contribution >= 0.6 is 0 Å². The predicted octanol–water partition coefficient (Wildman–Crippen LogP) is 3.18. The second kappa shape index (κ2) is 7.84. The Labute approximate surface area is 141 Å². The molecule has 1 N–H and O–H groups in total. The van der Waals surface area contributed by atoms with Crippen molar-refractivity contribution in [1.29, 1.82) is 0 Å². The van der Waals surface area contributed by atoms with Crippen LogP contribution in [0.1, 0.15) is 60.3 Å². The van der Waals surface area contributed by atoms with Crippen molar-refractivity contribution in [2.24, 2.45) is 5.92 Å². The first-order valence-corrected chi connectivity index (χ1v) is 9.09. The van der Waals surface area contributed by atoms with Crippen LogP contribution in [0.2, 0.25) is 0 Å². The zero-order valence-corrected chi connectivity index (χ0v) is 15.4. The number of carbonyl (C=O) groups is 1. The molecule has 5 nitrogen and oxygen atoms in total. The quantitative estimate of drug-likeness (QED) is 0.865. The van der Waals surface area contributed by atoms with Crippen LogP contribution in [0.4, 0.5) is 4.79 Å². The summed E-state index contributed by atoms with van der Waals surface area (Å²) in [6.45, 7) is 12.7. The number of nitrogens with zero attached hydrogens (tertiary/aromatic N) is 1. The Hall–Kier alpha value is -0.810. The second-order valence-corrected chi connectivity index (χ2v) is 8.24. The van der Waals surface area contributed by atoms with Gasteiger partial charge in [-0.3, -0.25) is 0 Å². The van der Waals surface area contributed by atoms with Gasteiger partial charge in [0, 0.05) is 19.1 Å². The van der Waals surface area contributed by atoms with Gasteiger partial charge in [0.15, 0.2) is 0 Å². The van der Waals surface area contributed by atoms with E-state index in [2.05, 4.69) is 19.2 Å². The number of carbonyl (C=O) groups excluding carboxylic acids is 1. The highest BCUT2D eigenvalue weighted by atomic mass is 16.6. The number of hydrogen-bond acceptors (Lipinski definition) is 4. The van der Waals surface area contributed by atoms with E-state index in [1.54, 1.807) is 0 Å². The number of nitrogens with one attached hydrogen (secondary N) is 1. The van der Waals surface area contributed by atoms with E-state index in [4.69, 9.17) is 9.47 Å². The molecule has 1 amide bonds. The first-order chi connectivity index (χ1) is 10.7. The Kier molecular flexibility index (Phi) is 6.32. The molecule has 2 fully saturated rings. The Balaban J connectivity index is 1.68. The molecule has 0 radical (unpaired) electrons. The van der Waals surface area contributed by atoms with Gasteiger partial charge in [-0.1, -0.05) is 0 Å². The molecule has 0 saturated carbocycles. The minimum atomic E-state index is -0.411. The molecule has 2 unspecified atom stereocenters. The van der Waals surface area contributed by atoms with Gasteiger partial charge in [0.1, 0.15) is 5.60 Å². The van der Waals surface area contributed by atoms with Crippen LogP contribution in [-0.2, 0) is 9.47 Å². The van der Waals surface area contributed by atoms with Crippen LogP contribution in [0.3, 0.4) is 0 Å². The van der Waals surface area contributed by atoms with Crippen molar-refractivity contribution < 1.29 is 14.3 Å². The molecule has 23 heavy (non-hydrogen) atoms. The van der Waals surface area contributed by atoms with Gasteiger partial charge in [-0.2, -0.15) is 0 Å². The van der Waals surface area contributed by atoms with E-state index in [-0.39, 0.29) is 6.09 Å². The molecular weight excluding hydrogens is 292 g/mol. The summed E-state index contributed by atoms with van der Waals surface area (Å²) in [4.78, 5) is 13.9. The highest BCUT2D eigenvalue weighted by Gasteiger charge is 2.28. The average molecular weight is 326 g/mol. The fraction of sp³-hybridized carbons (Fsp3) is 0.944. The third kappa shape index (κ3) is 6.30. The molecule has 0 aromatic carbocycles. The van der Waals surface area contributed by atoms with E-state index in [9.17, 15) is 4.79 Å². The Morgan fingerprint density at radius 1 is 1.17 bits per heavy atom. The number of likely N-dealkylation sites (tertiary alicyclic amines) is 1. The summed E-state index contributed by atoms with van der Waals surface area (Å²) >= 11 is 0. The molecule has 2 rings (SSSR count). The highest BCUT2D eigenvalue weighted by Crippen LogP contribution is 2.22. The van der Waals surface area contributed by atoms with E-state index >= 15 is 0 Å². The molecule has 5 heteroatoms. The van der Waals surface area contributed by atoms with Crippen LogP contribution in [0.15, 0.2) is 0 Å². The fourth-order valence-corrected chi connectivity index (χ4v) is 3.55. The van der Waals surface area contributed by atoms with Crippen molar-refractivity contribution in [3.8, 4) is 0 Å². The summed E-state index contributed by atoms with van der Waals surface area (Å²) in [7, 11) is 0. The summed E-state index contributed by atoms with van der Waals surface area (Å²) in [6.07, 6.45) is 4.84. The Morgan fingerprint density at radius 2 is 1.74 bits per heavy atom. The van der Waals surface area contributed by atoms with Crippen LogP contribution in [0.25, 0.3) is 0 Å². The number of rotatable bonds is 3. The SMILES string of the molecule is CC1CC(NCC2CCN(C(=O)OC(C)(C)C)CC2)CC(C)O1. The van der Waals surface area contributed by atoms with Gasteiger partial charge < -0.3 is 19.7 Å². The lowest BCUT2D eigenvalue weighted by molar-refractivity contribution is -0.0428. The maximum Gasteiger partial charge on any atom is 0.410 e. The first kappa shape index (κ1) is 18.5. The van der Waals surface area contributed by atoms with Crippen molar-refractivity contribution in [2.45, 2.75) is 84.2 Å². The molecule has 2 saturated heterocycles. The molecule has 0 aromatic rings. The first-order valence-electron chi connectivity index (χ1n) is 9.09. The Morgan fingerprint density at radius 3 is 2.26 bits per heavy atom. The predicted molar refractivity (Wildman–Crippen MR) is 91.6 cm³/mol. The number of piperidine rings is 1. The van der Waals surface area contributed by atoms with Crippen LogP contribution < -0.4 is 5.32 Å². The maximum atomic E-state index is 12.1. The third-order valence-electron chi connectivity index (χ3n) is 4.66. The molecule has 0 aromatic heterocycles. The van der Waals surface area contributed by atoms with E-state index in [1.807, 2.05) is 25.7 Å². The minimum absolute atomic E-state index is 0.170. The molecule has 0 aliphatic carbocycles. The third-order valence-corrected chi connectivity index (χ3v) is 4.66. The monoisotopic (exact) mass is 326 g/mol. The standard InChI is InChI=1S/C18H34N2O3/c1-13-10-16(11-14(2)22-13)19-12-15-6-8-20(9-7-15)17(21)23-18(3,4)5/h13-16,19H,6-12H2,1-5H3. The van der Waals surface area contributed by atoms with Gasteiger partial charge in [0.2, 0.25) is 0 Å². The van der Waals surface area contributed by atoms with E-state index in [0.717, 1.165) is 45.3 Å². The lowest BCUT2D eigenvalue weighted by Crippen LogP contribution is -2.46. The lowest BCUT2D eigenvalue weighted by atomic mass is 9.95. The summed E-state index contributed by atoms with van der Waals surface area (Å²) in [5, 5.41) is 3.72. The van der Waals surface area contributed by atoms with Gasteiger partial charge >= 0.3 is 6.09 Å². The molecule has 134 valence electrons. The Bertz CT molecular complexity index is 376. The van der Waals surface area contributed by atoms with Gasteiger partial charge in [0.05, 0.1) is 12.2 Å². The van der Waals surface area contributed by atoms with Gasteiger partial charge in [-0.05, 0) is 72.8 Å². The van der Waals surface area contributed by atoms with Crippen molar-refractivity contribution in [1.82, 2.24) is 10.2 Å². The van der Waals surface area contributed by atoms with Gasteiger partial charge in [-0.25, -0.2) is 4.79 Å². The van der Waals surface area contributed by atoms with Gasteiger partial charge in [0.25, 0.3) is 0 Å². The average Bonchev–Trinajstić information content (AvgIpc) is 2.43. The topological polar surface area (TPSA) is 50.8 Å². The largest absolute Gasteiger partial charge is 0.444 e. The zero-order chi connectivity index (χ0) is 17.0. The molecule has 2 aliphatic heterocycles. The fourth-order valence-electron chi connectivity index (χ4n) is 3.55.